The Morgan fingerprint density at radius 1 is 1.19 bits per heavy atom. The van der Waals surface area contributed by atoms with Gasteiger partial charge in [0.1, 0.15) is 0 Å². The first-order valence-corrected chi connectivity index (χ1v) is 6.82. The molecule has 21 heavy (non-hydrogen) atoms. The van der Waals surface area contributed by atoms with Crippen molar-refractivity contribution in [1.29, 1.82) is 0 Å². The molecule has 0 amide bonds. The lowest BCUT2D eigenvalue weighted by Gasteiger charge is -2.38. The molecule has 1 rings (SSSR count). The van der Waals surface area contributed by atoms with E-state index < -0.39 is 24.3 Å². The molecule has 0 radical (unpaired) electrons. The summed E-state index contributed by atoms with van der Waals surface area (Å²) < 4.78 is 10.1. The topological polar surface area (TPSA) is 76.0 Å². The van der Waals surface area contributed by atoms with E-state index in [1.807, 2.05) is 0 Å². The lowest BCUT2D eigenvalue weighted by atomic mass is 9.78. The van der Waals surface area contributed by atoms with Gasteiger partial charge in [-0.15, -0.1) is 0 Å². The molecule has 0 saturated carbocycles. The fraction of sp³-hybridized carbons (Fsp3) is 0.533. The van der Waals surface area contributed by atoms with Crippen LogP contribution in [0.2, 0.25) is 0 Å². The molecule has 0 bridgehead atoms. The van der Waals surface area contributed by atoms with Crippen LogP contribution in [0.1, 0.15) is 43.6 Å². The highest BCUT2D eigenvalue weighted by atomic mass is 16.5. The van der Waals surface area contributed by atoms with Crippen LogP contribution in [-0.2, 0) is 15.7 Å². The molecule has 0 saturated heterocycles. The second-order valence-electron chi connectivity index (χ2n) is 6.03. The van der Waals surface area contributed by atoms with Gasteiger partial charge in [-0.05, 0) is 45.4 Å². The van der Waals surface area contributed by atoms with E-state index >= 15 is 0 Å². The van der Waals surface area contributed by atoms with Gasteiger partial charge in [-0.3, -0.25) is 0 Å². The first-order valence-electron chi connectivity index (χ1n) is 6.82. The van der Waals surface area contributed by atoms with E-state index in [4.69, 9.17) is 4.65 Å². The van der Waals surface area contributed by atoms with Crippen LogP contribution >= 0.6 is 0 Å². The second-order valence-corrected chi connectivity index (χ2v) is 6.03. The standard InChI is InChI=1S/C15H23BO5/c1-14(2,18)15(3,4)21-16(19)10-11-6-8-12(9-7-11)13(17)20-5/h6-9,18-19H,10H2,1-5H3. The summed E-state index contributed by atoms with van der Waals surface area (Å²) in [6.07, 6.45) is 0.265. The molecular formula is C15H23BO5. The van der Waals surface area contributed by atoms with E-state index in [-0.39, 0.29) is 6.32 Å². The van der Waals surface area contributed by atoms with Gasteiger partial charge in [-0.25, -0.2) is 4.79 Å². The molecule has 6 heteroatoms. The Balaban J connectivity index is 2.67. The van der Waals surface area contributed by atoms with Gasteiger partial charge in [0.25, 0.3) is 0 Å². The molecule has 0 aliphatic carbocycles. The fourth-order valence-electron chi connectivity index (χ4n) is 1.62. The summed E-state index contributed by atoms with van der Waals surface area (Å²) in [5.41, 5.74) is -0.698. The third-order valence-corrected chi connectivity index (χ3v) is 3.69. The van der Waals surface area contributed by atoms with Gasteiger partial charge in [0.15, 0.2) is 0 Å². The van der Waals surface area contributed by atoms with E-state index in [1.165, 1.54) is 7.11 Å². The Bertz CT molecular complexity index is 476. The normalized spacial score (nSPS) is 12.1. The number of hydrogen-bond donors (Lipinski definition) is 2. The zero-order valence-corrected chi connectivity index (χ0v) is 13.2. The van der Waals surface area contributed by atoms with Gasteiger partial charge in [-0.2, -0.15) is 0 Å². The van der Waals surface area contributed by atoms with Crippen LogP contribution in [-0.4, -0.2) is 41.5 Å². The van der Waals surface area contributed by atoms with Crippen molar-refractivity contribution in [3.63, 3.8) is 0 Å². The number of aliphatic hydroxyl groups is 1. The van der Waals surface area contributed by atoms with Crippen LogP contribution in [0.15, 0.2) is 24.3 Å². The van der Waals surface area contributed by atoms with Crippen molar-refractivity contribution in [1.82, 2.24) is 0 Å². The quantitative estimate of drug-likeness (QED) is 0.615. The minimum absolute atomic E-state index is 0.265. The van der Waals surface area contributed by atoms with Crippen LogP contribution in [0.3, 0.4) is 0 Å². The summed E-state index contributed by atoms with van der Waals surface area (Å²) in [6.45, 7) is 6.70. The highest BCUT2D eigenvalue weighted by Crippen LogP contribution is 2.25. The summed E-state index contributed by atoms with van der Waals surface area (Å²) >= 11 is 0. The smallest absolute Gasteiger partial charge is 0.459 e. The maximum absolute atomic E-state index is 11.3. The summed E-state index contributed by atoms with van der Waals surface area (Å²) in [6, 6.07) is 6.73. The van der Waals surface area contributed by atoms with Gasteiger partial charge < -0.3 is 19.5 Å². The number of carbonyl (C=O) groups is 1. The molecule has 0 atom stereocenters. The maximum Gasteiger partial charge on any atom is 0.459 e. The Morgan fingerprint density at radius 3 is 2.14 bits per heavy atom. The molecule has 0 aliphatic rings. The molecule has 0 aliphatic heterocycles. The lowest BCUT2D eigenvalue weighted by Crippen LogP contribution is -2.50. The molecule has 5 nitrogen and oxygen atoms in total. The van der Waals surface area contributed by atoms with E-state index in [0.29, 0.717) is 5.56 Å². The largest absolute Gasteiger partial charge is 0.465 e. The summed E-state index contributed by atoms with van der Waals surface area (Å²) in [5, 5.41) is 20.0. The fourth-order valence-corrected chi connectivity index (χ4v) is 1.62. The Hall–Kier alpha value is -1.37. The number of methoxy groups -OCH3 is 1. The van der Waals surface area contributed by atoms with E-state index in [2.05, 4.69) is 4.74 Å². The summed E-state index contributed by atoms with van der Waals surface area (Å²) in [4.78, 5) is 11.3. The lowest BCUT2D eigenvalue weighted by molar-refractivity contribution is -0.100. The number of carbonyl (C=O) groups excluding carboxylic acids is 1. The van der Waals surface area contributed by atoms with Crippen LogP contribution in [0.25, 0.3) is 0 Å². The second kappa shape index (κ2) is 6.60. The van der Waals surface area contributed by atoms with E-state index in [0.717, 1.165) is 5.56 Å². The highest BCUT2D eigenvalue weighted by Gasteiger charge is 2.38. The molecule has 2 N–H and O–H groups in total. The van der Waals surface area contributed by atoms with Crippen LogP contribution < -0.4 is 0 Å². The molecular weight excluding hydrogens is 271 g/mol. The maximum atomic E-state index is 11.3. The van der Waals surface area contributed by atoms with E-state index in [1.54, 1.807) is 52.0 Å². The SMILES string of the molecule is COC(=O)c1ccc(CB(O)OC(C)(C)C(C)(C)O)cc1. The van der Waals surface area contributed by atoms with E-state index in [9.17, 15) is 14.9 Å². The van der Waals surface area contributed by atoms with Crippen molar-refractivity contribution in [2.75, 3.05) is 7.11 Å². The predicted octanol–water partition coefficient (Wildman–Crippen LogP) is 1.60. The molecule has 0 unspecified atom stereocenters. The Kier molecular flexibility index (Phi) is 5.56. The monoisotopic (exact) mass is 294 g/mol. The summed E-state index contributed by atoms with van der Waals surface area (Å²) in [7, 11) is 0.280. The number of hydrogen-bond acceptors (Lipinski definition) is 5. The van der Waals surface area contributed by atoms with Gasteiger partial charge in [0.2, 0.25) is 0 Å². The number of rotatable bonds is 6. The first-order chi connectivity index (χ1) is 9.56. The molecule has 0 fully saturated rings. The zero-order valence-electron chi connectivity index (χ0n) is 13.2. The highest BCUT2D eigenvalue weighted by molar-refractivity contribution is 6.42. The van der Waals surface area contributed by atoms with Gasteiger partial charge in [0, 0.05) is 6.32 Å². The van der Waals surface area contributed by atoms with Crippen molar-refractivity contribution in [3.05, 3.63) is 35.4 Å². The first kappa shape index (κ1) is 17.7. The molecule has 0 aromatic heterocycles. The van der Waals surface area contributed by atoms with Crippen molar-refractivity contribution >= 4 is 13.1 Å². The average molecular weight is 294 g/mol. The number of ether oxygens (including phenoxy) is 1. The third kappa shape index (κ3) is 4.84. The Labute approximate surface area is 126 Å². The Morgan fingerprint density at radius 2 is 1.71 bits per heavy atom. The number of esters is 1. The van der Waals surface area contributed by atoms with Gasteiger partial charge in [0.05, 0.1) is 23.9 Å². The van der Waals surface area contributed by atoms with Crippen molar-refractivity contribution in [3.8, 4) is 0 Å². The minimum Gasteiger partial charge on any atom is -0.465 e. The van der Waals surface area contributed by atoms with Crippen LogP contribution in [0, 0.1) is 0 Å². The predicted molar refractivity (Wildman–Crippen MR) is 80.9 cm³/mol. The molecule has 116 valence electrons. The van der Waals surface area contributed by atoms with Gasteiger partial charge in [-0.1, -0.05) is 12.1 Å². The third-order valence-electron chi connectivity index (χ3n) is 3.69. The van der Waals surface area contributed by atoms with Crippen molar-refractivity contribution in [2.45, 2.75) is 45.2 Å². The zero-order chi connectivity index (χ0) is 16.3. The molecule has 1 aromatic rings. The molecule has 0 heterocycles. The number of benzene rings is 1. The summed E-state index contributed by atoms with van der Waals surface area (Å²) in [5.74, 6) is -0.401. The van der Waals surface area contributed by atoms with Crippen molar-refractivity contribution in [2.24, 2.45) is 0 Å². The minimum atomic E-state index is -1.08. The molecule has 1 aromatic carbocycles. The average Bonchev–Trinajstić information content (AvgIpc) is 2.36. The van der Waals surface area contributed by atoms with Crippen LogP contribution in [0.5, 0.6) is 0 Å². The van der Waals surface area contributed by atoms with Gasteiger partial charge >= 0.3 is 13.1 Å². The van der Waals surface area contributed by atoms with Crippen molar-refractivity contribution < 1.29 is 24.3 Å². The molecule has 0 spiro atoms. The van der Waals surface area contributed by atoms with Crippen LogP contribution in [0.4, 0.5) is 0 Å².